The van der Waals surface area contributed by atoms with E-state index in [0.717, 1.165) is 6.07 Å². The van der Waals surface area contributed by atoms with E-state index < -0.39 is 17.7 Å². The van der Waals surface area contributed by atoms with Crippen LogP contribution in [0.4, 0.5) is 8.78 Å². The van der Waals surface area contributed by atoms with Crippen LogP contribution < -0.4 is 5.73 Å². The molecule has 0 saturated carbocycles. The molecule has 2 nitrogen and oxygen atoms in total. The molecule has 4 heteroatoms. The number of hydrogen-bond donors (Lipinski definition) is 1. The van der Waals surface area contributed by atoms with E-state index in [1.165, 1.54) is 12.1 Å². The van der Waals surface area contributed by atoms with Crippen LogP contribution in [0.3, 0.4) is 0 Å². The van der Waals surface area contributed by atoms with Crippen LogP contribution in [0.1, 0.15) is 25.5 Å². The molecule has 0 heterocycles. The summed E-state index contributed by atoms with van der Waals surface area (Å²) in [7, 11) is 0. The van der Waals surface area contributed by atoms with Gasteiger partial charge in [-0.2, -0.15) is 0 Å². The molecule has 84 valence electrons. The molecule has 0 aliphatic rings. The topological polar surface area (TPSA) is 35.2 Å². The van der Waals surface area contributed by atoms with Gasteiger partial charge in [0.15, 0.2) is 11.6 Å². The van der Waals surface area contributed by atoms with Gasteiger partial charge in [-0.05, 0) is 19.9 Å². The van der Waals surface area contributed by atoms with E-state index in [1.807, 2.05) is 13.8 Å². The molecule has 0 spiro atoms. The molecule has 2 N–H and O–H groups in total. The highest BCUT2D eigenvalue weighted by Crippen LogP contribution is 2.22. The normalized spacial score (nSPS) is 13.2. The second kappa shape index (κ2) is 5.19. The van der Waals surface area contributed by atoms with Crippen molar-refractivity contribution in [3.05, 3.63) is 35.4 Å². The fourth-order valence-corrected chi connectivity index (χ4v) is 1.35. The van der Waals surface area contributed by atoms with Crippen molar-refractivity contribution in [2.24, 2.45) is 5.73 Å². The van der Waals surface area contributed by atoms with Crippen LogP contribution in [-0.4, -0.2) is 12.6 Å². The van der Waals surface area contributed by atoms with Gasteiger partial charge in [-0.3, -0.25) is 0 Å². The Balaban J connectivity index is 2.96. The number of hydrogen-bond acceptors (Lipinski definition) is 2. The lowest BCUT2D eigenvalue weighted by atomic mass is 10.1. The van der Waals surface area contributed by atoms with E-state index in [2.05, 4.69) is 0 Å². The second-order valence-electron chi connectivity index (χ2n) is 3.55. The maximum atomic E-state index is 13.4. The van der Waals surface area contributed by atoms with Crippen molar-refractivity contribution in [3.63, 3.8) is 0 Å². The number of benzene rings is 1. The summed E-state index contributed by atoms with van der Waals surface area (Å²) in [6, 6.07) is 4.00. The average molecular weight is 215 g/mol. The van der Waals surface area contributed by atoms with Crippen molar-refractivity contribution < 1.29 is 13.5 Å². The molecular formula is C11H15F2NO. The smallest absolute Gasteiger partial charge is 0.164 e. The number of nitrogens with two attached hydrogens (primary N) is 1. The van der Waals surface area contributed by atoms with Gasteiger partial charge in [-0.25, -0.2) is 8.78 Å². The average Bonchev–Trinajstić information content (AvgIpc) is 2.19. The van der Waals surface area contributed by atoms with Gasteiger partial charge in [-0.1, -0.05) is 12.1 Å². The molecule has 1 unspecified atom stereocenters. The highest BCUT2D eigenvalue weighted by molar-refractivity contribution is 5.21. The van der Waals surface area contributed by atoms with Crippen molar-refractivity contribution in [1.29, 1.82) is 0 Å². The molecule has 0 bridgehead atoms. The largest absolute Gasteiger partial charge is 0.369 e. The first-order chi connectivity index (χ1) is 7.06. The van der Waals surface area contributed by atoms with Crippen LogP contribution in [0.25, 0.3) is 0 Å². The maximum Gasteiger partial charge on any atom is 0.164 e. The Morgan fingerprint density at radius 1 is 1.33 bits per heavy atom. The monoisotopic (exact) mass is 215 g/mol. The highest BCUT2D eigenvalue weighted by Gasteiger charge is 2.18. The minimum atomic E-state index is -0.881. The summed E-state index contributed by atoms with van der Waals surface area (Å²) < 4.78 is 31.7. The Labute approximate surface area is 88.0 Å². The SMILES string of the molecule is CC(C)OC(CN)c1cccc(F)c1F. The zero-order chi connectivity index (χ0) is 11.4. The van der Waals surface area contributed by atoms with E-state index >= 15 is 0 Å². The van der Waals surface area contributed by atoms with Gasteiger partial charge in [0, 0.05) is 12.1 Å². The summed E-state index contributed by atoms with van der Waals surface area (Å²) in [6.45, 7) is 3.76. The number of ether oxygens (including phenoxy) is 1. The molecule has 0 aliphatic carbocycles. The van der Waals surface area contributed by atoms with E-state index in [-0.39, 0.29) is 18.2 Å². The molecule has 1 rings (SSSR count). The molecule has 15 heavy (non-hydrogen) atoms. The Morgan fingerprint density at radius 2 is 2.00 bits per heavy atom. The van der Waals surface area contributed by atoms with Gasteiger partial charge in [0.05, 0.1) is 12.2 Å². The van der Waals surface area contributed by atoms with Crippen LogP contribution in [0.2, 0.25) is 0 Å². The van der Waals surface area contributed by atoms with Gasteiger partial charge in [0.2, 0.25) is 0 Å². The molecule has 0 fully saturated rings. The maximum absolute atomic E-state index is 13.4. The summed E-state index contributed by atoms with van der Waals surface area (Å²) in [5.74, 6) is -1.76. The predicted molar refractivity (Wildman–Crippen MR) is 54.4 cm³/mol. The molecule has 1 aromatic carbocycles. The Morgan fingerprint density at radius 3 is 2.53 bits per heavy atom. The van der Waals surface area contributed by atoms with Crippen molar-refractivity contribution in [2.45, 2.75) is 26.1 Å². The Kier molecular flexibility index (Phi) is 4.17. The third-order valence-electron chi connectivity index (χ3n) is 1.98. The Bertz CT molecular complexity index is 328. The standard InChI is InChI=1S/C11H15F2NO/c1-7(2)15-10(6-14)8-4-3-5-9(12)11(8)13/h3-5,7,10H,6,14H2,1-2H3. The predicted octanol–water partition coefficient (Wildman–Crippen LogP) is 2.39. The highest BCUT2D eigenvalue weighted by atomic mass is 19.2. The quantitative estimate of drug-likeness (QED) is 0.837. The zero-order valence-electron chi connectivity index (χ0n) is 8.84. The molecule has 0 aliphatic heterocycles. The molecule has 1 aromatic rings. The summed E-state index contributed by atoms with van der Waals surface area (Å²) in [5.41, 5.74) is 5.63. The van der Waals surface area contributed by atoms with E-state index in [4.69, 9.17) is 10.5 Å². The lowest BCUT2D eigenvalue weighted by Crippen LogP contribution is -2.20. The third-order valence-corrected chi connectivity index (χ3v) is 1.98. The first-order valence-corrected chi connectivity index (χ1v) is 4.85. The summed E-state index contributed by atoms with van der Waals surface area (Å²) >= 11 is 0. The van der Waals surface area contributed by atoms with Gasteiger partial charge < -0.3 is 10.5 Å². The van der Waals surface area contributed by atoms with Crippen molar-refractivity contribution in [1.82, 2.24) is 0 Å². The first kappa shape index (κ1) is 12.1. The van der Waals surface area contributed by atoms with E-state index in [0.29, 0.717) is 0 Å². The third kappa shape index (κ3) is 2.97. The molecular weight excluding hydrogens is 200 g/mol. The molecule has 0 radical (unpaired) electrons. The van der Waals surface area contributed by atoms with Gasteiger partial charge >= 0.3 is 0 Å². The van der Waals surface area contributed by atoms with Crippen LogP contribution in [0.5, 0.6) is 0 Å². The van der Waals surface area contributed by atoms with Crippen LogP contribution >= 0.6 is 0 Å². The fraction of sp³-hybridized carbons (Fsp3) is 0.455. The molecule has 1 atom stereocenters. The van der Waals surface area contributed by atoms with Gasteiger partial charge in [-0.15, -0.1) is 0 Å². The molecule has 0 aromatic heterocycles. The van der Waals surface area contributed by atoms with E-state index in [9.17, 15) is 8.78 Å². The number of halogens is 2. The van der Waals surface area contributed by atoms with Crippen molar-refractivity contribution >= 4 is 0 Å². The van der Waals surface area contributed by atoms with Gasteiger partial charge in [0.1, 0.15) is 0 Å². The minimum Gasteiger partial charge on any atom is -0.369 e. The van der Waals surface area contributed by atoms with Crippen LogP contribution in [0.15, 0.2) is 18.2 Å². The van der Waals surface area contributed by atoms with Crippen molar-refractivity contribution in [2.75, 3.05) is 6.54 Å². The number of rotatable bonds is 4. The summed E-state index contributed by atoms with van der Waals surface area (Å²) in [4.78, 5) is 0. The first-order valence-electron chi connectivity index (χ1n) is 4.85. The van der Waals surface area contributed by atoms with Gasteiger partial charge in [0.25, 0.3) is 0 Å². The summed E-state index contributed by atoms with van der Waals surface area (Å²) in [5, 5.41) is 0. The summed E-state index contributed by atoms with van der Waals surface area (Å²) in [6.07, 6.45) is -0.679. The van der Waals surface area contributed by atoms with Crippen molar-refractivity contribution in [3.8, 4) is 0 Å². The van der Waals surface area contributed by atoms with E-state index in [1.54, 1.807) is 0 Å². The zero-order valence-corrected chi connectivity index (χ0v) is 8.84. The molecule has 0 saturated heterocycles. The fourth-order valence-electron chi connectivity index (χ4n) is 1.35. The minimum absolute atomic E-state index is 0.0822. The second-order valence-corrected chi connectivity index (χ2v) is 3.55. The van der Waals surface area contributed by atoms with Crippen LogP contribution in [0, 0.1) is 11.6 Å². The molecule has 0 amide bonds. The lowest BCUT2D eigenvalue weighted by molar-refractivity contribution is 0.00972. The lowest BCUT2D eigenvalue weighted by Gasteiger charge is -2.19. The van der Waals surface area contributed by atoms with Crippen LogP contribution in [-0.2, 0) is 4.74 Å². The Hall–Kier alpha value is -1.00.